The summed E-state index contributed by atoms with van der Waals surface area (Å²) in [5, 5.41) is 16.5. The maximum atomic E-state index is 12.9. The summed E-state index contributed by atoms with van der Waals surface area (Å²) in [7, 11) is 1.57. The van der Waals surface area contributed by atoms with Gasteiger partial charge < -0.3 is 10.6 Å². The number of nitrogens with zero attached hydrogens (tertiary/aromatic N) is 1. The Hall–Kier alpha value is -2.96. The molecule has 23 heavy (non-hydrogen) atoms. The number of nitro groups is 1. The van der Waals surface area contributed by atoms with E-state index in [-0.39, 0.29) is 23.1 Å². The third kappa shape index (κ3) is 3.82. The quantitative estimate of drug-likeness (QED) is 0.655. The lowest BCUT2D eigenvalue weighted by Gasteiger charge is -2.14. The van der Waals surface area contributed by atoms with E-state index in [2.05, 4.69) is 10.6 Å². The first kappa shape index (κ1) is 16.4. The second-order valence-electron chi connectivity index (χ2n) is 4.99. The molecule has 0 aliphatic rings. The fraction of sp³-hybridized carbons (Fsp3) is 0.188. The Balaban J connectivity index is 2.18. The van der Waals surface area contributed by atoms with Crippen molar-refractivity contribution < 1.29 is 14.1 Å². The highest BCUT2D eigenvalue weighted by atomic mass is 19.1. The van der Waals surface area contributed by atoms with E-state index in [1.807, 2.05) is 0 Å². The lowest BCUT2D eigenvalue weighted by atomic mass is 10.1. The third-order valence-electron chi connectivity index (χ3n) is 3.44. The van der Waals surface area contributed by atoms with Crippen LogP contribution in [0.1, 0.15) is 28.9 Å². The number of anilines is 1. The van der Waals surface area contributed by atoms with Gasteiger partial charge in [-0.25, -0.2) is 4.39 Å². The molecular weight excluding hydrogens is 301 g/mol. The third-order valence-corrected chi connectivity index (χ3v) is 3.44. The highest BCUT2D eigenvalue weighted by Gasteiger charge is 2.18. The molecule has 0 unspecified atom stereocenters. The van der Waals surface area contributed by atoms with Crippen LogP contribution in [-0.4, -0.2) is 17.9 Å². The molecule has 0 saturated heterocycles. The second kappa shape index (κ2) is 6.87. The molecule has 0 aromatic heterocycles. The smallest absolute Gasteiger partial charge is 0.293 e. The van der Waals surface area contributed by atoms with Crippen LogP contribution < -0.4 is 10.6 Å². The van der Waals surface area contributed by atoms with Crippen molar-refractivity contribution in [1.29, 1.82) is 0 Å². The van der Waals surface area contributed by atoms with Gasteiger partial charge in [-0.15, -0.1) is 0 Å². The maximum Gasteiger partial charge on any atom is 0.293 e. The summed E-state index contributed by atoms with van der Waals surface area (Å²) in [5.41, 5.74) is 1.08. The van der Waals surface area contributed by atoms with Crippen LogP contribution in [-0.2, 0) is 0 Å². The van der Waals surface area contributed by atoms with Crippen molar-refractivity contribution in [2.45, 2.75) is 13.0 Å². The maximum absolute atomic E-state index is 12.9. The van der Waals surface area contributed by atoms with Crippen LogP contribution >= 0.6 is 0 Å². The molecule has 0 spiro atoms. The van der Waals surface area contributed by atoms with Crippen LogP contribution in [0, 0.1) is 15.9 Å². The van der Waals surface area contributed by atoms with Crippen molar-refractivity contribution in [1.82, 2.24) is 5.32 Å². The number of benzene rings is 2. The molecule has 2 rings (SSSR count). The van der Waals surface area contributed by atoms with Crippen LogP contribution in [0.25, 0.3) is 0 Å². The van der Waals surface area contributed by atoms with Gasteiger partial charge in [0, 0.05) is 18.7 Å². The lowest BCUT2D eigenvalue weighted by molar-refractivity contribution is -0.384. The Labute approximate surface area is 132 Å². The first-order chi connectivity index (χ1) is 10.9. The molecule has 0 fully saturated rings. The SMILES string of the molecule is CNc1ccc(C(=O)N[C@@H](C)c2ccc(F)cc2)cc1[N+](=O)[O-]. The van der Waals surface area contributed by atoms with Crippen LogP contribution in [0.4, 0.5) is 15.8 Å². The summed E-state index contributed by atoms with van der Waals surface area (Å²) in [6.45, 7) is 1.75. The number of hydrogen-bond donors (Lipinski definition) is 2. The van der Waals surface area contributed by atoms with Crippen LogP contribution in [0.3, 0.4) is 0 Å². The highest BCUT2D eigenvalue weighted by Crippen LogP contribution is 2.25. The number of nitrogens with one attached hydrogen (secondary N) is 2. The van der Waals surface area contributed by atoms with E-state index >= 15 is 0 Å². The van der Waals surface area contributed by atoms with E-state index in [1.54, 1.807) is 26.1 Å². The molecule has 6 nitrogen and oxygen atoms in total. The number of carbonyl (C=O) groups excluding carboxylic acids is 1. The average Bonchev–Trinajstić information content (AvgIpc) is 2.54. The molecule has 1 amide bonds. The van der Waals surface area contributed by atoms with E-state index in [0.29, 0.717) is 5.69 Å². The van der Waals surface area contributed by atoms with Crippen LogP contribution in [0.15, 0.2) is 42.5 Å². The second-order valence-corrected chi connectivity index (χ2v) is 4.99. The van der Waals surface area contributed by atoms with Crippen molar-refractivity contribution in [3.8, 4) is 0 Å². The molecule has 2 aromatic carbocycles. The number of halogens is 1. The topological polar surface area (TPSA) is 84.3 Å². The normalized spacial score (nSPS) is 11.6. The summed E-state index contributed by atoms with van der Waals surface area (Å²) >= 11 is 0. The number of rotatable bonds is 5. The number of hydrogen-bond acceptors (Lipinski definition) is 4. The molecule has 0 bridgehead atoms. The van der Waals surface area contributed by atoms with Gasteiger partial charge in [-0.05, 0) is 36.8 Å². The highest BCUT2D eigenvalue weighted by molar-refractivity contribution is 5.96. The molecule has 0 aliphatic heterocycles. The van der Waals surface area contributed by atoms with Gasteiger partial charge >= 0.3 is 0 Å². The van der Waals surface area contributed by atoms with E-state index < -0.39 is 10.8 Å². The van der Waals surface area contributed by atoms with Gasteiger partial charge in [-0.3, -0.25) is 14.9 Å². The van der Waals surface area contributed by atoms with Crippen molar-refractivity contribution in [3.63, 3.8) is 0 Å². The van der Waals surface area contributed by atoms with Gasteiger partial charge in [0.25, 0.3) is 11.6 Å². The van der Waals surface area contributed by atoms with Crippen molar-refractivity contribution in [2.75, 3.05) is 12.4 Å². The van der Waals surface area contributed by atoms with Gasteiger partial charge in [-0.1, -0.05) is 12.1 Å². The van der Waals surface area contributed by atoms with Gasteiger partial charge in [-0.2, -0.15) is 0 Å². The van der Waals surface area contributed by atoms with E-state index in [4.69, 9.17) is 0 Å². The molecule has 0 aliphatic carbocycles. The zero-order valence-electron chi connectivity index (χ0n) is 12.7. The Morgan fingerprint density at radius 1 is 1.22 bits per heavy atom. The minimum Gasteiger partial charge on any atom is -0.383 e. The minimum absolute atomic E-state index is 0.172. The fourth-order valence-electron chi connectivity index (χ4n) is 2.15. The number of nitro benzene ring substituents is 1. The molecule has 0 heterocycles. The zero-order chi connectivity index (χ0) is 17.0. The Morgan fingerprint density at radius 2 is 1.87 bits per heavy atom. The number of carbonyl (C=O) groups is 1. The molecular formula is C16H16FN3O3. The lowest BCUT2D eigenvalue weighted by Crippen LogP contribution is -2.26. The Morgan fingerprint density at radius 3 is 2.43 bits per heavy atom. The number of amides is 1. The average molecular weight is 317 g/mol. The van der Waals surface area contributed by atoms with E-state index in [0.717, 1.165) is 5.56 Å². The minimum atomic E-state index is -0.550. The van der Waals surface area contributed by atoms with Crippen LogP contribution in [0.2, 0.25) is 0 Å². The summed E-state index contributed by atoms with van der Waals surface area (Å²) in [5.74, 6) is -0.793. The summed E-state index contributed by atoms with van der Waals surface area (Å²) < 4.78 is 12.9. The molecule has 0 saturated carbocycles. The monoisotopic (exact) mass is 317 g/mol. The zero-order valence-corrected chi connectivity index (χ0v) is 12.7. The molecule has 2 aromatic rings. The first-order valence-corrected chi connectivity index (χ1v) is 6.95. The summed E-state index contributed by atoms with van der Waals surface area (Å²) in [6, 6.07) is 9.63. The Bertz CT molecular complexity index is 732. The fourth-order valence-corrected chi connectivity index (χ4v) is 2.15. The van der Waals surface area contributed by atoms with E-state index in [9.17, 15) is 19.3 Å². The standard InChI is InChI=1S/C16H16FN3O3/c1-10(11-3-6-13(17)7-4-11)19-16(21)12-5-8-14(18-2)15(9-12)20(22)23/h3-10,18H,1-2H3,(H,19,21)/t10-/m0/s1. The molecule has 0 radical (unpaired) electrons. The van der Waals surface area contributed by atoms with E-state index in [1.165, 1.54) is 30.3 Å². The van der Waals surface area contributed by atoms with Gasteiger partial charge in [0.1, 0.15) is 11.5 Å². The van der Waals surface area contributed by atoms with Gasteiger partial charge in [0.05, 0.1) is 11.0 Å². The molecule has 7 heteroatoms. The largest absolute Gasteiger partial charge is 0.383 e. The summed E-state index contributed by atoms with van der Waals surface area (Å²) in [4.78, 5) is 22.7. The van der Waals surface area contributed by atoms with Crippen molar-refractivity contribution in [2.24, 2.45) is 0 Å². The van der Waals surface area contributed by atoms with Gasteiger partial charge in [0.2, 0.25) is 0 Å². The van der Waals surface area contributed by atoms with Crippen molar-refractivity contribution >= 4 is 17.3 Å². The molecule has 1 atom stereocenters. The first-order valence-electron chi connectivity index (χ1n) is 6.95. The molecule has 2 N–H and O–H groups in total. The van der Waals surface area contributed by atoms with Crippen molar-refractivity contribution in [3.05, 3.63) is 69.5 Å². The summed E-state index contributed by atoms with van der Waals surface area (Å²) in [6.07, 6.45) is 0. The predicted molar refractivity (Wildman–Crippen MR) is 84.9 cm³/mol. The Kier molecular flexibility index (Phi) is 4.90. The van der Waals surface area contributed by atoms with Gasteiger partial charge in [0.15, 0.2) is 0 Å². The predicted octanol–water partition coefficient (Wildman–Crippen LogP) is 3.27. The van der Waals surface area contributed by atoms with Crippen LogP contribution in [0.5, 0.6) is 0 Å². The molecule has 120 valence electrons.